The molecule has 1 amide bonds. The third-order valence-corrected chi connectivity index (χ3v) is 5.75. The van der Waals surface area contributed by atoms with Crippen molar-refractivity contribution in [2.75, 3.05) is 12.0 Å². The Hall–Kier alpha value is -4.09. The van der Waals surface area contributed by atoms with Crippen LogP contribution in [-0.4, -0.2) is 50.0 Å². The Kier molecular flexibility index (Phi) is 6.39. The van der Waals surface area contributed by atoms with E-state index in [1.54, 1.807) is 0 Å². The first-order valence-corrected chi connectivity index (χ1v) is 10.6. The van der Waals surface area contributed by atoms with Crippen molar-refractivity contribution in [1.82, 2.24) is 19.8 Å². The fourth-order valence-corrected chi connectivity index (χ4v) is 4.13. The lowest BCUT2D eigenvalue weighted by atomic mass is 9.94. The molecule has 178 valence electrons. The number of hydrogen-bond acceptors (Lipinski definition) is 6. The van der Waals surface area contributed by atoms with Gasteiger partial charge in [0.1, 0.15) is 17.0 Å². The van der Waals surface area contributed by atoms with Gasteiger partial charge >= 0.3 is 17.7 Å². The van der Waals surface area contributed by atoms with Crippen LogP contribution in [0.2, 0.25) is 0 Å². The van der Waals surface area contributed by atoms with E-state index in [4.69, 9.17) is 4.74 Å². The van der Waals surface area contributed by atoms with E-state index in [-0.39, 0.29) is 23.0 Å². The highest BCUT2D eigenvalue weighted by molar-refractivity contribution is 5.97. The topological polar surface area (TPSA) is 120 Å². The van der Waals surface area contributed by atoms with Gasteiger partial charge in [0, 0.05) is 11.7 Å². The van der Waals surface area contributed by atoms with Gasteiger partial charge in [0.15, 0.2) is 11.6 Å². The van der Waals surface area contributed by atoms with Gasteiger partial charge in [-0.15, -0.1) is 4.68 Å². The number of anilines is 1. The molecule has 0 spiro atoms. The number of amides is 1. The molecule has 2 aromatic carbocycles. The number of tetrazole rings is 1. The van der Waals surface area contributed by atoms with E-state index >= 15 is 0 Å². The number of aromatic nitrogens is 4. The van der Waals surface area contributed by atoms with Crippen LogP contribution < -0.4 is 15.3 Å². The van der Waals surface area contributed by atoms with E-state index in [0.717, 1.165) is 37.5 Å². The van der Waals surface area contributed by atoms with Gasteiger partial charge in [-0.05, 0) is 53.6 Å². The number of aromatic carboxylic acids is 1. The molecule has 3 aromatic rings. The third kappa shape index (κ3) is 4.14. The standard InChI is InChI=1S/C22H21F2N5O5/c1-34-18-11-10-14(12-15(18)20(30)31)27(13-6-3-2-4-7-13)21(32)29-22(33)28(25-26-29)19-16(23)8-5-9-17(19)24/h5,8-13H,2-4,6-7H2,1H3,(H,30,31). The molecule has 0 radical (unpaired) electrons. The SMILES string of the molecule is COc1ccc(N(C(=O)n2nnn(-c3c(F)cccc3F)c2=O)C2CCCCC2)cc1C(=O)O. The average Bonchev–Trinajstić information content (AvgIpc) is 3.20. The summed E-state index contributed by atoms with van der Waals surface area (Å²) in [4.78, 5) is 39.4. The summed E-state index contributed by atoms with van der Waals surface area (Å²) in [7, 11) is 1.32. The lowest BCUT2D eigenvalue weighted by Gasteiger charge is -2.33. The Bertz CT molecular complexity index is 1280. The maximum Gasteiger partial charge on any atom is 0.377 e. The van der Waals surface area contributed by atoms with E-state index in [2.05, 4.69) is 10.4 Å². The molecular formula is C22H21F2N5O5. The number of carbonyl (C=O) groups is 2. The van der Waals surface area contributed by atoms with E-state index in [9.17, 15) is 28.3 Å². The molecule has 0 bridgehead atoms. The second kappa shape index (κ2) is 9.41. The summed E-state index contributed by atoms with van der Waals surface area (Å²) in [6.07, 6.45) is 3.87. The number of methoxy groups -OCH3 is 1. The van der Waals surface area contributed by atoms with Crippen molar-refractivity contribution < 1.29 is 28.2 Å². The first-order valence-electron chi connectivity index (χ1n) is 10.6. The number of nitrogens with zero attached hydrogens (tertiary/aromatic N) is 5. The highest BCUT2D eigenvalue weighted by atomic mass is 19.1. The molecule has 0 atom stereocenters. The van der Waals surface area contributed by atoms with Crippen LogP contribution in [0.1, 0.15) is 42.5 Å². The average molecular weight is 473 g/mol. The Morgan fingerprint density at radius 2 is 1.76 bits per heavy atom. The summed E-state index contributed by atoms with van der Waals surface area (Å²) in [5.74, 6) is -3.25. The van der Waals surface area contributed by atoms with Crippen molar-refractivity contribution in [3.8, 4) is 11.4 Å². The molecule has 1 saturated carbocycles. The van der Waals surface area contributed by atoms with Crippen molar-refractivity contribution in [1.29, 1.82) is 0 Å². The fraction of sp³-hybridized carbons (Fsp3) is 0.318. The summed E-state index contributed by atoms with van der Waals surface area (Å²) in [5, 5.41) is 16.6. The quantitative estimate of drug-likeness (QED) is 0.565. The van der Waals surface area contributed by atoms with E-state index in [1.807, 2.05) is 0 Å². The fourth-order valence-electron chi connectivity index (χ4n) is 4.13. The zero-order valence-electron chi connectivity index (χ0n) is 18.1. The van der Waals surface area contributed by atoms with Crippen molar-refractivity contribution >= 4 is 17.7 Å². The van der Waals surface area contributed by atoms with Crippen LogP contribution in [0.25, 0.3) is 5.69 Å². The number of para-hydroxylation sites is 1. The van der Waals surface area contributed by atoms with Gasteiger partial charge in [0.25, 0.3) is 0 Å². The zero-order valence-corrected chi connectivity index (χ0v) is 18.1. The van der Waals surface area contributed by atoms with Gasteiger partial charge in [-0.1, -0.05) is 25.3 Å². The first kappa shape index (κ1) is 23.1. The van der Waals surface area contributed by atoms with Crippen LogP contribution >= 0.6 is 0 Å². The molecule has 0 saturated heterocycles. The Labute approximate surface area is 192 Å². The molecule has 4 rings (SSSR count). The Balaban J connectivity index is 1.81. The zero-order chi connectivity index (χ0) is 24.4. The highest BCUT2D eigenvalue weighted by Gasteiger charge is 2.32. The van der Waals surface area contributed by atoms with Crippen molar-refractivity contribution in [3.63, 3.8) is 0 Å². The minimum atomic E-state index is -1.26. The molecule has 0 unspecified atom stereocenters. The van der Waals surface area contributed by atoms with Crippen LogP contribution in [0.3, 0.4) is 0 Å². The molecule has 10 nitrogen and oxygen atoms in total. The highest BCUT2D eigenvalue weighted by Crippen LogP contribution is 2.31. The maximum atomic E-state index is 14.2. The summed E-state index contributed by atoms with van der Waals surface area (Å²) in [5.41, 5.74) is -1.87. The number of ether oxygens (including phenoxy) is 1. The second-order valence-electron chi connectivity index (χ2n) is 7.79. The number of carboxylic acid groups (broad SMARTS) is 1. The van der Waals surface area contributed by atoms with Gasteiger partial charge in [-0.3, -0.25) is 4.90 Å². The number of rotatable bonds is 5. The maximum absolute atomic E-state index is 14.2. The normalized spacial score (nSPS) is 14.1. The predicted octanol–water partition coefficient (Wildman–Crippen LogP) is 3.22. The van der Waals surface area contributed by atoms with E-state index < -0.39 is 35.0 Å². The van der Waals surface area contributed by atoms with Gasteiger partial charge in [0.05, 0.1) is 7.11 Å². The minimum Gasteiger partial charge on any atom is -0.496 e. The van der Waals surface area contributed by atoms with Crippen molar-refractivity contribution in [3.05, 3.63) is 64.1 Å². The van der Waals surface area contributed by atoms with E-state index in [1.165, 1.54) is 30.2 Å². The number of carboxylic acids is 1. The minimum absolute atomic E-state index is 0.102. The molecular weight excluding hydrogens is 452 g/mol. The van der Waals surface area contributed by atoms with Crippen molar-refractivity contribution in [2.45, 2.75) is 38.1 Å². The second-order valence-corrected chi connectivity index (χ2v) is 7.79. The van der Waals surface area contributed by atoms with Gasteiger partial charge in [-0.25, -0.2) is 23.2 Å². The van der Waals surface area contributed by atoms with Crippen LogP contribution in [0.4, 0.5) is 19.3 Å². The molecule has 1 fully saturated rings. The Morgan fingerprint density at radius 3 is 2.38 bits per heavy atom. The number of carbonyl (C=O) groups excluding carboxylic acids is 1. The number of hydrogen-bond donors (Lipinski definition) is 1. The predicted molar refractivity (Wildman–Crippen MR) is 116 cm³/mol. The molecule has 12 heteroatoms. The molecule has 1 N–H and O–H groups in total. The van der Waals surface area contributed by atoms with Gasteiger partial charge < -0.3 is 9.84 Å². The summed E-state index contributed by atoms with van der Waals surface area (Å²) in [6, 6.07) is 5.96. The molecule has 1 aliphatic carbocycles. The summed E-state index contributed by atoms with van der Waals surface area (Å²) < 4.78 is 34.3. The largest absolute Gasteiger partial charge is 0.496 e. The number of benzene rings is 2. The van der Waals surface area contributed by atoms with Crippen molar-refractivity contribution in [2.24, 2.45) is 0 Å². The van der Waals surface area contributed by atoms with Crippen LogP contribution in [0.5, 0.6) is 5.75 Å². The van der Waals surface area contributed by atoms with Gasteiger partial charge in [0.2, 0.25) is 0 Å². The Morgan fingerprint density at radius 1 is 1.09 bits per heavy atom. The monoisotopic (exact) mass is 473 g/mol. The summed E-state index contributed by atoms with van der Waals surface area (Å²) >= 11 is 0. The summed E-state index contributed by atoms with van der Waals surface area (Å²) in [6.45, 7) is 0. The lowest BCUT2D eigenvalue weighted by molar-refractivity contribution is 0.0693. The first-order chi connectivity index (χ1) is 16.3. The van der Waals surface area contributed by atoms with Gasteiger partial charge in [-0.2, -0.15) is 4.68 Å². The molecule has 1 aliphatic rings. The third-order valence-electron chi connectivity index (χ3n) is 5.75. The van der Waals surface area contributed by atoms with Crippen LogP contribution in [0.15, 0.2) is 41.2 Å². The number of halogens is 2. The van der Waals surface area contributed by atoms with E-state index in [0.29, 0.717) is 22.2 Å². The lowest BCUT2D eigenvalue weighted by Crippen LogP contribution is -2.47. The smallest absolute Gasteiger partial charge is 0.377 e. The van der Waals surface area contributed by atoms with Crippen LogP contribution in [0, 0.1) is 11.6 Å². The molecule has 1 aromatic heterocycles. The van der Waals surface area contributed by atoms with Crippen LogP contribution in [-0.2, 0) is 0 Å². The molecule has 1 heterocycles. The molecule has 34 heavy (non-hydrogen) atoms. The molecule has 0 aliphatic heterocycles.